The highest BCUT2D eigenvalue weighted by Gasteiger charge is 2.14. The summed E-state index contributed by atoms with van der Waals surface area (Å²) in [6, 6.07) is 15.8. The van der Waals surface area contributed by atoms with Crippen LogP contribution in [0.2, 0.25) is 0 Å². The Morgan fingerprint density at radius 2 is 1.89 bits per heavy atom. The Bertz CT molecular complexity index is 1070. The van der Waals surface area contributed by atoms with Crippen LogP contribution in [0.4, 0.5) is 0 Å². The molecule has 6 nitrogen and oxygen atoms in total. The molecule has 0 spiro atoms. The van der Waals surface area contributed by atoms with Crippen LogP contribution in [-0.2, 0) is 11.2 Å². The number of carbonyl (C=O) groups excluding carboxylic acids is 2. The van der Waals surface area contributed by atoms with Crippen LogP contribution in [-0.4, -0.2) is 18.4 Å². The molecule has 0 aliphatic rings. The van der Waals surface area contributed by atoms with Crippen molar-refractivity contribution in [2.75, 3.05) is 6.54 Å². The van der Waals surface area contributed by atoms with Crippen molar-refractivity contribution in [3.8, 4) is 5.75 Å². The first-order valence-electron chi connectivity index (χ1n) is 8.78. The van der Waals surface area contributed by atoms with Crippen LogP contribution in [0.25, 0.3) is 11.0 Å². The van der Waals surface area contributed by atoms with Crippen LogP contribution >= 0.6 is 0 Å². The molecule has 0 aliphatic carbocycles. The number of ether oxygens (including phenoxy) is 1. The van der Waals surface area contributed by atoms with E-state index < -0.39 is 11.5 Å². The third kappa shape index (κ3) is 4.73. The monoisotopic (exact) mass is 377 g/mol. The van der Waals surface area contributed by atoms with E-state index in [0.717, 1.165) is 5.56 Å². The molecule has 6 heteroatoms. The number of esters is 1. The Labute approximate surface area is 161 Å². The number of fused-ring (bicyclic) bond motifs is 1. The van der Waals surface area contributed by atoms with Crippen molar-refractivity contribution in [1.82, 2.24) is 5.32 Å². The van der Waals surface area contributed by atoms with Gasteiger partial charge in [-0.25, -0.2) is 4.79 Å². The van der Waals surface area contributed by atoms with Crippen LogP contribution in [0, 0.1) is 0 Å². The molecule has 1 aromatic heterocycles. The molecule has 0 atom stereocenters. The quantitative estimate of drug-likeness (QED) is 0.296. The fourth-order valence-electron chi connectivity index (χ4n) is 2.65. The van der Waals surface area contributed by atoms with Gasteiger partial charge in [0.1, 0.15) is 16.9 Å². The molecule has 0 aliphatic heterocycles. The maximum Gasteiger partial charge on any atom is 0.349 e. The molecule has 0 radical (unpaired) electrons. The Balaban J connectivity index is 1.71. The van der Waals surface area contributed by atoms with Gasteiger partial charge in [-0.2, -0.15) is 0 Å². The number of hydrogen-bond donors (Lipinski definition) is 1. The van der Waals surface area contributed by atoms with E-state index >= 15 is 0 Å². The lowest BCUT2D eigenvalue weighted by atomic mass is 10.1. The first-order chi connectivity index (χ1) is 13.6. The fourth-order valence-corrected chi connectivity index (χ4v) is 2.65. The van der Waals surface area contributed by atoms with Crippen molar-refractivity contribution < 1.29 is 18.7 Å². The second-order valence-corrected chi connectivity index (χ2v) is 6.11. The highest BCUT2D eigenvalue weighted by molar-refractivity contribution is 5.96. The summed E-state index contributed by atoms with van der Waals surface area (Å²) in [6.07, 6.45) is 2.32. The predicted octanol–water partition coefficient (Wildman–Crippen LogP) is 3.25. The number of nitrogens with one attached hydrogen (secondary N) is 1. The number of carbonyl (C=O) groups is 2. The molecule has 0 saturated heterocycles. The molecule has 1 heterocycles. The molecular formula is C22H19NO5. The summed E-state index contributed by atoms with van der Waals surface area (Å²) in [4.78, 5) is 36.1. The predicted molar refractivity (Wildman–Crippen MR) is 105 cm³/mol. The summed E-state index contributed by atoms with van der Waals surface area (Å²) in [5.41, 5.74) is 0.424. The van der Waals surface area contributed by atoms with Crippen molar-refractivity contribution in [2.24, 2.45) is 0 Å². The van der Waals surface area contributed by atoms with Crippen molar-refractivity contribution >= 4 is 22.8 Å². The van der Waals surface area contributed by atoms with E-state index in [-0.39, 0.29) is 35.8 Å². The summed E-state index contributed by atoms with van der Waals surface area (Å²) < 4.78 is 10.5. The molecular weight excluding hydrogens is 358 g/mol. The van der Waals surface area contributed by atoms with Crippen LogP contribution < -0.4 is 15.7 Å². The van der Waals surface area contributed by atoms with Crippen LogP contribution in [0.5, 0.6) is 5.75 Å². The van der Waals surface area contributed by atoms with Crippen molar-refractivity contribution in [2.45, 2.75) is 12.8 Å². The Hall–Kier alpha value is -3.67. The van der Waals surface area contributed by atoms with Crippen molar-refractivity contribution in [3.63, 3.8) is 0 Å². The summed E-state index contributed by atoms with van der Waals surface area (Å²) in [5.74, 6) is -0.643. The van der Waals surface area contributed by atoms with Gasteiger partial charge >= 0.3 is 11.6 Å². The van der Waals surface area contributed by atoms with Gasteiger partial charge in [0.15, 0.2) is 0 Å². The van der Waals surface area contributed by atoms with Gasteiger partial charge in [-0.1, -0.05) is 36.4 Å². The molecule has 1 amide bonds. The first-order valence-corrected chi connectivity index (χ1v) is 8.78. The van der Waals surface area contributed by atoms with E-state index in [2.05, 4.69) is 11.9 Å². The largest absolute Gasteiger partial charge is 0.426 e. The zero-order chi connectivity index (χ0) is 19.9. The van der Waals surface area contributed by atoms with E-state index in [1.807, 2.05) is 30.3 Å². The Morgan fingerprint density at radius 3 is 2.64 bits per heavy atom. The van der Waals surface area contributed by atoms with E-state index in [1.54, 1.807) is 12.1 Å². The van der Waals surface area contributed by atoms with Gasteiger partial charge in [0.2, 0.25) is 0 Å². The molecule has 0 fully saturated rings. The van der Waals surface area contributed by atoms with E-state index in [1.165, 1.54) is 18.2 Å². The maximum atomic E-state index is 12.1. The molecule has 142 valence electrons. The summed E-state index contributed by atoms with van der Waals surface area (Å²) in [5, 5.41) is 3.08. The zero-order valence-electron chi connectivity index (χ0n) is 15.1. The third-order valence-corrected chi connectivity index (χ3v) is 4.05. The summed E-state index contributed by atoms with van der Waals surface area (Å²) in [6.45, 7) is 3.75. The van der Waals surface area contributed by atoms with Gasteiger partial charge in [0.25, 0.3) is 5.91 Å². The van der Waals surface area contributed by atoms with E-state index in [0.29, 0.717) is 11.8 Å². The first kappa shape index (κ1) is 19.1. The topological polar surface area (TPSA) is 85.6 Å². The average molecular weight is 377 g/mol. The molecule has 0 saturated carbocycles. The number of aryl methyl sites for hydroxylation is 1. The standard InChI is InChI=1S/C22H19NO5/c1-2-12-23-21(25)18-13-16-9-10-17(14-19(16)28-22(18)26)27-20(24)11-8-15-6-4-3-5-7-15/h2-7,9-10,13-14H,1,8,11-12H2,(H,23,25). The second-order valence-electron chi connectivity index (χ2n) is 6.11. The Kier molecular flexibility index (Phi) is 6.01. The molecule has 2 aromatic carbocycles. The van der Waals surface area contributed by atoms with Crippen LogP contribution in [0.15, 0.2) is 76.5 Å². The van der Waals surface area contributed by atoms with Crippen LogP contribution in [0.1, 0.15) is 22.3 Å². The van der Waals surface area contributed by atoms with E-state index in [4.69, 9.17) is 9.15 Å². The summed E-state index contributed by atoms with van der Waals surface area (Å²) >= 11 is 0. The molecule has 1 N–H and O–H groups in total. The van der Waals surface area contributed by atoms with Gasteiger partial charge in [0.05, 0.1) is 0 Å². The number of amides is 1. The average Bonchev–Trinajstić information content (AvgIpc) is 2.70. The van der Waals surface area contributed by atoms with E-state index in [9.17, 15) is 14.4 Å². The molecule has 3 aromatic rings. The number of hydrogen-bond acceptors (Lipinski definition) is 5. The SMILES string of the molecule is C=CCNC(=O)c1cc2ccc(OC(=O)CCc3ccccc3)cc2oc1=O. The number of rotatable bonds is 7. The van der Waals surface area contributed by atoms with Gasteiger partial charge in [0, 0.05) is 24.4 Å². The highest BCUT2D eigenvalue weighted by Crippen LogP contribution is 2.21. The third-order valence-electron chi connectivity index (χ3n) is 4.05. The second kappa shape index (κ2) is 8.81. The zero-order valence-corrected chi connectivity index (χ0v) is 15.1. The minimum atomic E-state index is -0.762. The lowest BCUT2D eigenvalue weighted by Gasteiger charge is -2.06. The van der Waals surface area contributed by atoms with Crippen LogP contribution in [0.3, 0.4) is 0 Å². The lowest BCUT2D eigenvalue weighted by molar-refractivity contribution is -0.134. The maximum absolute atomic E-state index is 12.1. The number of benzene rings is 2. The minimum Gasteiger partial charge on any atom is -0.426 e. The molecule has 28 heavy (non-hydrogen) atoms. The summed E-state index contributed by atoms with van der Waals surface area (Å²) in [7, 11) is 0. The normalized spacial score (nSPS) is 10.4. The van der Waals surface area contributed by atoms with Crippen molar-refractivity contribution in [1.29, 1.82) is 0 Å². The fraction of sp³-hybridized carbons (Fsp3) is 0.136. The van der Waals surface area contributed by atoms with Gasteiger partial charge in [-0.15, -0.1) is 6.58 Å². The molecule has 0 unspecified atom stereocenters. The van der Waals surface area contributed by atoms with Gasteiger partial charge in [-0.05, 0) is 30.2 Å². The minimum absolute atomic E-state index is 0.0954. The molecule has 0 bridgehead atoms. The Morgan fingerprint density at radius 1 is 1.11 bits per heavy atom. The van der Waals surface area contributed by atoms with Crippen molar-refractivity contribution in [3.05, 3.63) is 88.8 Å². The molecule has 3 rings (SSSR count). The highest BCUT2D eigenvalue weighted by atomic mass is 16.5. The lowest BCUT2D eigenvalue weighted by Crippen LogP contribution is -2.28. The van der Waals surface area contributed by atoms with Gasteiger partial charge in [-0.3, -0.25) is 9.59 Å². The van der Waals surface area contributed by atoms with Gasteiger partial charge < -0.3 is 14.5 Å². The smallest absolute Gasteiger partial charge is 0.349 e.